The van der Waals surface area contributed by atoms with Crippen molar-refractivity contribution in [1.29, 1.82) is 0 Å². The Morgan fingerprint density at radius 1 is 1.33 bits per heavy atom. The summed E-state index contributed by atoms with van der Waals surface area (Å²) in [5, 5.41) is 0. The lowest BCUT2D eigenvalue weighted by molar-refractivity contribution is -0.116. The van der Waals surface area contributed by atoms with Crippen LogP contribution in [0.2, 0.25) is 0 Å². The minimum Gasteiger partial charge on any atom is -0.325 e. The van der Waals surface area contributed by atoms with Crippen LogP contribution in [0.4, 0.5) is 8.78 Å². The Morgan fingerprint density at radius 2 is 1.67 bits per heavy atom. The van der Waals surface area contributed by atoms with Crippen molar-refractivity contribution in [3.05, 3.63) is 0 Å². The molecule has 4 heteroatoms. The molecule has 9 heavy (non-hydrogen) atoms. The van der Waals surface area contributed by atoms with E-state index in [1.54, 1.807) is 6.92 Å². The molecule has 1 fully saturated rings. The van der Waals surface area contributed by atoms with Crippen molar-refractivity contribution in [2.45, 2.75) is 31.2 Å². The summed E-state index contributed by atoms with van der Waals surface area (Å²) >= 11 is 0. The summed E-state index contributed by atoms with van der Waals surface area (Å²) < 4.78 is 23.9. The highest BCUT2D eigenvalue weighted by Gasteiger charge is 2.51. The highest BCUT2D eigenvalue weighted by Crippen LogP contribution is 2.43. The van der Waals surface area contributed by atoms with E-state index in [4.69, 9.17) is 5.73 Å². The molecule has 0 bridgehead atoms. The maximum Gasteiger partial charge on any atom is 0.251 e. The van der Waals surface area contributed by atoms with E-state index >= 15 is 0 Å². The summed E-state index contributed by atoms with van der Waals surface area (Å²) in [5.41, 5.74) is 4.72. The summed E-state index contributed by atoms with van der Waals surface area (Å²) in [5.74, 6) is -2.47. The van der Waals surface area contributed by atoms with Crippen LogP contribution in [0.25, 0.3) is 0 Å². The zero-order chi connectivity index (χ0) is 6.41. The molecule has 1 rings (SSSR count). The largest absolute Gasteiger partial charge is 0.325 e. The van der Waals surface area contributed by atoms with Gasteiger partial charge in [-0.25, -0.2) is 8.78 Å². The molecule has 1 nitrogen and oxygen atoms in total. The van der Waals surface area contributed by atoms with Gasteiger partial charge in [-0.15, -0.1) is 12.4 Å². The zero-order valence-corrected chi connectivity index (χ0v) is 5.97. The van der Waals surface area contributed by atoms with Crippen LogP contribution in [-0.2, 0) is 0 Å². The van der Waals surface area contributed by atoms with Crippen LogP contribution in [0.3, 0.4) is 0 Å². The number of hydrogen-bond acceptors (Lipinski definition) is 1. The molecule has 0 atom stereocenters. The van der Waals surface area contributed by atoms with Crippen molar-refractivity contribution in [2.24, 2.45) is 5.73 Å². The van der Waals surface area contributed by atoms with E-state index < -0.39 is 11.5 Å². The first-order valence-electron chi connectivity index (χ1n) is 2.58. The second-order valence-electron chi connectivity index (χ2n) is 2.86. The molecule has 1 aliphatic carbocycles. The Hall–Kier alpha value is 0.110. The first-order chi connectivity index (χ1) is 3.41. The normalized spacial score (nSPS) is 28.0. The molecule has 0 heterocycles. The third-order valence-electron chi connectivity index (χ3n) is 1.32. The zero-order valence-electron chi connectivity index (χ0n) is 5.16. The average Bonchev–Trinajstić information content (AvgIpc) is 1.20. The molecule has 0 aromatic heterocycles. The van der Waals surface area contributed by atoms with E-state index in [2.05, 4.69) is 0 Å². The fourth-order valence-electron chi connectivity index (χ4n) is 1.13. The van der Waals surface area contributed by atoms with Crippen LogP contribution < -0.4 is 5.73 Å². The van der Waals surface area contributed by atoms with Gasteiger partial charge in [-0.1, -0.05) is 0 Å². The van der Waals surface area contributed by atoms with Crippen LogP contribution in [0.5, 0.6) is 0 Å². The summed E-state index contributed by atoms with van der Waals surface area (Å²) in [4.78, 5) is 0. The van der Waals surface area contributed by atoms with Crippen LogP contribution in [0, 0.1) is 0 Å². The first-order valence-corrected chi connectivity index (χ1v) is 2.58. The fourth-order valence-corrected chi connectivity index (χ4v) is 1.13. The van der Waals surface area contributed by atoms with Gasteiger partial charge in [0.2, 0.25) is 0 Å². The summed E-state index contributed by atoms with van der Waals surface area (Å²) in [6.45, 7) is 1.64. The second kappa shape index (κ2) is 2.06. The van der Waals surface area contributed by atoms with Gasteiger partial charge in [0.05, 0.1) is 0 Å². The second-order valence-corrected chi connectivity index (χ2v) is 2.86. The smallest absolute Gasteiger partial charge is 0.251 e. The van der Waals surface area contributed by atoms with Gasteiger partial charge in [-0.2, -0.15) is 0 Å². The summed E-state index contributed by atoms with van der Waals surface area (Å²) in [6, 6.07) is 0. The third-order valence-corrected chi connectivity index (χ3v) is 1.32. The van der Waals surface area contributed by atoms with Crippen molar-refractivity contribution in [2.75, 3.05) is 0 Å². The Kier molecular flexibility index (Phi) is 2.08. The molecular weight excluding hydrogens is 148 g/mol. The number of hydrogen-bond donors (Lipinski definition) is 1. The monoisotopic (exact) mass is 157 g/mol. The molecule has 56 valence electrons. The minimum atomic E-state index is -2.47. The molecule has 0 amide bonds. The quantitative estimate of drug-likeness (QED) is 0.568. The maximum absolute atomic E-state index is 12.0. The predicted octanol–water partition coefficient (Wildman–Crippen LogP) is 1.55. The van der Waals surface area contributed by atoms with Crippen LogP contribution in [0.15, 0.2) is 0 Å². The Balaban J connectivity index is 0.000000640. The van der Waals surface area contributed by atoms with Gasteiger partial charge in [0.25, 0.3) is 5.92 Å². The summed E-state index contributed by atoms with van der Waals surface area (Å²) in [7, 11) is 0. The molecule has 0 saturated heterocycles. The topological polar surface area (TPSA) is 26.0 Å². The highest BCUT2D eigenvalue weighted by atomic mass is 35.5. The number of rotatable bonds is 0. The first kappa shape index (κ1) is 9.11. The van der Waals surface area contributed by atoms with E-state index in [0.29, 0.717) is 0 Å². The molecule has 0 aliphatic heterocycles. The van der Waals surface area contributed by atoms with Gasteiger partial charge in [0, 0.05) is 18.4 Å². The number of alkyl halides is 2. The van der Waals surface area contributed by atoms with E-state index in [1.165, 1.54) is 0 Å². The minimum absolute atomic E-state index is 0. The highest BCUT2D eigenvalue weighted by molar-refractivity contribution is 5.85. The van der Waals surface area contributed by atoms with E-state index in [0.717, 1.165) is 0 Å². The van der Waals surface area contributed by atoms with E-state index in [9.17, 15) is 8.78 Å². The van der Waals surface area contributed by atoms with E-state index in [-0.39, 0.29) is 25.2 Å². The predicted molar refractivity (Wildman–Crippen MR) is 34.0 cm³/mol. The molecule has 0 radical (unpaired) electrons. The average molecular weight is 158 g/mol. The molecule has 2 N–H and O–H groups in total. The molecule has 1 aliphatic rings. The van der Waals surface area contributed by atoms with Crippen molar-refractivity contribution >= 4 is 12.4 Å². The van der Waals surface area contributed by atoms with Crippen molar-refractivity contribution in [3.8, 4) is 0 Å². The molecule has 0 aromatic carbocycles. The summed E-state index contributed by atoms with van der Waals surface area (Å²) in [6.07, 6.45) is -0.306. The Labute approximate surface area is 59.0 Å². The third kappa shape index (κ3) is 2.06. The molecular formula is C5H10ClF2N. The van der Waals surface area contributed by atoms with Gasteiger partial charge in [0.15, 0.2) is 0 Å². The van der Waals surface area contributed by atoms with Gasteiger partial charge >= 0.3 is 0 Å². The van der Waals surface area contributed by atoms with Gasteiger partial charge in [-0.05, 0) is 6.92 Å². The van der Waals surface area contributed by atoms with Crippen LogP contribution in [-0.4, -0.2) is 11.5 Å². The SMILES string of the molecule is CC1(N)CC(F)(F)C1.Cl. The van der Waals surface area contributed by atoms with Gasteiger partial charge < -0.3 is 5.73 Å². The lowest BCUT2D eigenvalue weighted by Gasteiger charge is -2.41. The Morgan fingerprint density at radius 3 is 1.67 bits per heavy atom. The number of nitrogens with two attached hydrogens (primary N) is 1. The van der Waals surface area contributed by atoms with Crippen molar-refractivity contribution < 1.29 is 8.78 Å². The maximum atomic E-state index is 12.0. The van der Waals surface area contributed by atoms with E-state index in [1.807, 2.05) is 0 Å². The van der Waals surface area contributed by atoms with Crippen molar-refractivity contribution in [1.82, 2.24) is 0 Å². The lowest BCUT2D eigenvalue weighted by atomic mass is 9.76. The van der Waals surface area contributed by atoms with Gasteiger partial charge in [-0.3, -0.25) is 0 Å². The standard InChI is InChI=1S/C5H9F2N.ClH/c1-4(8)2-5(6,7)3-4;/h2-3,8H2,1H3;1H. The van der Waals surface area contributed by atoms with Gasteiger partial charge in [0.1, 0.15) is 0 Å². The van der Waals surface area contributed by atoms with Crippen LogP contribution in [0.1, 0.15) is 19.8 Å². The molecule has 0 spiro atoms. The number of halogens is 3. The molecule has 1 saturated carbocycles. The van der Waals surface area contributed by atoms with Crippen LogP contribution >= 0.6 is 12.4 Å². The molecule has 0 aromatic rings. The fraction of sp³-hybridized carbons (Fsp3) is 1.00. The Bertz CT molecular complexity index is 91.5. The lowest BCUT2D eigenvalue weighted by Crippen LogP contribution is -2.55. The van der Waals surface area contributed by atoms with Crippen molar-refractivity contribution in [3.63, 3.8) is 0 Å². The molecule has 0 unspecified atom stereocenters.